The van der Waals surface area contributed by atoms with Crippen molar-refractivity contribution in [3.8, 4) is 0 Å². The number of amides is 2. The number of hydrogen-bond donors (Lipinski definition) is 2. The fourth-order valence-corrected chi connectivity index (χ4v) is 3.40. The Morgan fingerprint density at radius 2 is 1.46 bits per heavy atom. The first-order chi connectivity index (χ1) is 12.5. The van der Waals surface area contributed by atoms with Crippen molar-refractivity contribution >= 4 is 50.7 Å². The number of para-hydroxylation sites is 1. The molecule has 2 aromatic rings. The van der Waals surface area contributed by atoms with Gasteiger partial charge in [0.25, 0.3) is 0 Å². The van der Waals surface area contributed by atoms with Crippen LogP contribution < -0.4 is 10.6 Å². The maximum atomic E-state index is 12.7. The van der Waals surface area contributed by atoms with E-state index in [1.54, 1.807) is 24.3 Å². The van der Waals surface area contributed by atoms with Gasteiger partial charge < -0.3 is 10.6 Å². The Hall–Kier alpha value is -2.11. The average Bonchev–Trinajstić information content (AvgIpc) is 2.65. The Kier molecular flexibility index (Phi) is 6.12. The molecule has 0 heterocycles. The molecular weight excluding hydrogens is 416 g/mol. The van der Waals surface area contributed by atoms with E-state index < -0.39 is 11.8 Å². The fourth-order valence-electron chi connectivity index (χ4n) is 2.95. The smallest absolute Gasteiger partial charge is 0.228 e. The highest BCUT2D eigenvalue weighted by molar-refractivity contribution is 9.10. The molecule has 1 aliphatic rings. The molecule has 0 saturated carbocycles. The van der Waals surface area contributed by atoms with E-state index in [4.69, 9.17) is 11.6 Å². The maximum absolute atomic E-state index is 12.7. The zero-order valence-corrected chi connectivity index (χ0v) is 16.3. The van der Waals surface area contributed by atoms with E-state index >= 15 is 0 Å². The lowest BCUT2D eigenvalue weighted by Crippen LogP contribution is -2.37. The van der Waals surface area contributed by atoms with Crippen molar-refractivity contribution in [3.63, 3.8) is 0 Å². The summed E-state index contributed by atoms with van der Waals surface area (Å²) in [6, 6.07) is 14.4. The molecule has 0 radical (unpaired) electrons. The average molecular weight is 434 g/mol. The minimum atomic E-state index is -0.438. The van der Waals surface area contributed by atoms with Crippen molar-refractivity contribution in [1.82, 2.24) is 0 Å². The summed E-state index contributed by atoms with van der Waals surface area (Å²) in [4.78, 5) is 25.5. The first kappa shape index (κ1) is 18.7. The van der Waals surface area contributed by atoms with Gasteiger partial charge in [-0.1, -0.05) is 51.8 Å². The van der Waals surface area contributed by atoms with E-state index in [0.29, 0.717) is 29.2 Å². The summed E-state index contributed by atoms with van der Waals surface area (Å²) in [6.45, 7) is 0. The minimum absolute atomic E-state index is 0.156. The third-order valence-electron chi connectivity index (χ3n) is 4.35. The summed E-state index contributed by atoms with van der Waals surface area (Å²) in [5, 5.41) is 6.22. The summed E-state index contributed by atoms with van der Waals surface area (Å²) >= 11 is 9.48. The van der Waals surface area contributed by atoms with Gasteiger partial charge in [0.15, 0.2) is 0 Å². The molecule has 0 saturated heterocycles. The lowest BCUT2D eigenvalue weighted by molar-refractivity contribution is -0.129. The van der Waals surface area contributed by atoms with Gasteiger partial charge in [0, 0.05) is 10.2 Å². The summed E-state index contributed by atoms with van der Waals surface area (Å²) in [5.74, 6) is -1.22. The third-order valence-corrected chi connectivity index (χ3v) is 5.21. The van der Waals surface area contributed by atoms with Crippen molar-refractivity contribution in [3.05, 3.63) is 70.2 Å². The molecule has 26 heavy (non-hydrogen) atoms. The summed E-state index contributed by atoms with van der Waals surface area (Å²) in [7, 11) is 0. The Balaban J connectivity index is 1.72. The molecule has 2 unspecified atom stereocenters. The molecule has 0 aromatic heterocycles. The number of carbonyl (C=O) groups is 2. The van der Waals surface area contributed by atoms with Gasteiger partial charge in [-0.3, -0.25) is 9.59 Å². The molecule has 0 spiro atoms. The van der Waals surface area contributed by atoms with Gasteiger partial charge in [0.05, 0.1) is 22.5 Å². The van der Waals surface area contributed by atoms with Gasteiger partial charge in [-0.2, -0.15) is 0 Å². The molecule has 0 bridgehead atoms. The molecule has 2 atom stereocenters. The van der Waals surface area contributed by atoms with E-state index in [2.05, 4.69) is 26.6 Å². The van der Waals surface area contributed by atoms with Gasteiger partial charge in [-0.25, -0.2) is 0 Å². The van der Waals surface area contributed by atoms with Crippen LogP contribution in [0.4, 0.5) is 11.4 Å². The monoisotopic (exact) mass is 432 g/mol. The second-order valence-electron chi connectivity index (χ2n) is 6.12. The van der Waals surface area contributed by atoms with Gasteiger partial charge in [-0.05, 0) is 49.2 Å². The number of halogens is 2. The SMILES string of the molecule is O=C(Nc1ccc(Br)cc1)C1CC=CCC1C(=O)Nc1ccccc1Cl. The Morgan fingerprint density at radius 1 is 0.885 bits per heavy atom. The lowest BCUT2D eigenvalue weighted by atomic mass is 9.81. The molecule has 3 rings (SSSR count). The Labute approximate surface area is 165 Å². The van der Waals surface area contributed by atoms with E-state index in [1.807, 2.05) is 36.4 Å². The van der Waals surface area contributed by atoms with Gasteiger partial charge in [-0.15, -0.1) is 0 Å². The summed E-state index contributed by atoms with van der Waals surface area (Å²) in [6.07, 6.45) is 4.95. The second kappa shape index (κ2) is 8.52. The van der Waals surface area contributed by atoms with Crippen LogP contribution in [0.1, 0.15) is 12.8 Å². The number of benzene rings is 2. The van der Waals surface area contributed by atoms with Crippen LogP contribution in [0.3, 0.4) is 0 Å². The zero-order valence-electron chi connectivity index (χ0n) is 13.9. The van der Waals surface area contributed by atoms with E-state index in [-0.39, 0.29) is 11.8 Å². The van der Waals surface area contributed by atoms with E-state index in [0.717, 1.165) is 4.47 Å². The van der Waals surface area contributed by atoms with Crippen LogP contribution >= 0.6 is 27.5 Å². The number of nitrogens with one attached hydrogen (secondary N) is 2. The van der Waals surface area contributed by atoms with Crippen LogP contribution in [-0.2, 0) is 9.59 Å². The highest BCUT2D eigenvalue weighted by atomic mass is 79.9. The maximum Gasteiger partial charge on any atom is 0.228 e. The quantitative estimate of drug-likeness (QED) is 0.646. The van der Waals surface area contributed by atoms with E-state index in [1.165, 1.54) is 0 Å². The number of rotatable bonds is 4. The first-order valence-electron chi connectivity index (χ1n) is 8.31. The third kappa shape index (κ3) is 4.54. The van der Waals surface area contributed by atoms with Crippen LogP contribution in [0.25, 0.3) is 0 Å². The topological polar surface area (TPSA) is 58.2 Å². The number of hydrogen-bond acceptors (Lipinski definition) is 2. The molecular formula is C20H18BrClN2O2. The molecule has 2 amide bonds. The van der Waals surface area contributed by atoms with Crippen LogP contribution in [0.5, 0.6) is 0 Å². The van der Waals surface area contributed by atoms with Crippen molar-refractivity contribution in [2.24, 2.45) is 11.8 Å². The largest absolute Gasteiger partial charge is 0.326 e. The normalized spacial score (nSPS) is 19.0. The van der Waals surface area contributed by atoms with Crippen molar-refractivity contribution in [2.45, 2.75) is 12.8 Å². The van der Waals surface area contributed by atoms with Crippen LogP contribution in [-0.4, -0.2) is 11.8 Å². The fraction of sp³-hybridized carbons (Fsp3) is 0.200. The summed E-state index contributed by atoms with van der Waals surface area (Å²) < 4.78 is 0.938. The minimum Gasteiger partial charge on any atom is -0.326 e. The van der Waals surface area contributed by atoms with Crippen LogP contribution in [0, 0.1) is 11.8 Å². The standard InChI is InChI=1S/C20H18BrClN2O2/c21-13-9-11-14(12-10-13)23-19(25)15-5-1-2-6-16(15)20(26)24-18-8-4-3-7-17(18)22/h1-4,7-12,15-16H,5-6H2,(H,23,25)(H,24,26). The van der Waals surface area contributed by atoms with Crippen molar-refractivity contribution in [1.29, 1.82) is 0 Å². The van der Waals surface area contributed by atoms with Crippen molar-refractivity contribution < 1.29 is 9.59 Å². The second-order valence-corrected chi connectivity index (χ2v) is 7.44. The number of carbonyl (C=O) groups excluding carboxylic acids is 2. The van der Waals surface area contributed by atoms with Crippen molar-refractivity contribution in [2.75, 3.05) is 10.6 Å². The number of allylic oxidation sites excluding steroid dienone is 2. The molecule has 2 aromatic carbocycles. The molecule has 6 heteroatoms. The molecule has 0 aliphatic heterocycles. The van der Waals surface area contributed by atoms with E-state index in [9.17, 15) is 9.59 Å². The van der Waals surface area contributed by atoms with Gasteiger partial charge in [0.1, 0.15) is 0 Å². The molecule has 1 aliphatic carbocycles. The predicted molar refractivity (Wildman–Crippen MR) is 108 cm³/mol. The Bertz CT molecular complexity index is 836. The zero-order chi connectivity index (χ0) is 18.5. The lowest BCUT2D eigenvalue weighted by Gasteiger charge is -2.27. The molecule has 0 fully saturated rings. The Morgan fingerprint density at radius 3 is 2.08 bits per heavy atom. The molecule has 134 valence electrons. The van der Waals surface area contributed by atoms with Gasteiger partial charge in [0.2, 0.25) is 11.8 Å². The highest BCUT2D eigenvalue weighted by Crippen LogP contribution is 2.30. The molecule has 2 N–H and O–H groups in total. The number of anilines is 2. The van der Waals surface area contributed by atoms with Crippen LogP contribution in [0.2, 0.25) is 5.02 Å². The highest BCUT2D eigenvalue weighted by Gasteiger charge is 2.34. The first-order valence-corrected chi connectivity index (χ1v) is 9.48. The van der Waals surface area contributed by atoms with Gasteiger partial charge >= 0.3 is 0 Å². The van der Waals surface area contributed by atoms with Crippen LogP contribution in [0.15, 0.2) is 65.2 Å². The molecule has 4 nitrogen and oxygen atoms in total. The summed E-state index contributed by atoms with van der Waals surface area (Å²) in [5.41, 5.74) is 1.26. The predicted octanol–water partition coefficient (Wildman–Crippen LogP) is 5.26.